The molecule has 2 rings (SSSR count). The molecule has 1 heterocycles. The maximum atomic E-state index is 6.16. The molecule has 0 spiro atoms. The van der Waals surface area contributed by atoms with Crippen molar-refractivity contribution >= 4 is 22.5 Å². The lowest BCUT2D eigenvalue weighted by Gasteiger charge is -2.08. The summed E-state index contributed by atoms with van der Waals surface area (Å²) in [5.41, 5.74) is 9.04. The molecule has 0 fully saturated rings. The SMILES string of the molecule is Cc1ccnc2c(CCCCN)cc(Cl)cc12. The van der Waals surface area contributed by atoms with E-state index < -0.39 is 0 Å². The summed E-state index contributed by atoms with van der Waals surface area (Å²) in [5.74, 6) is 0. The zero-order valence-corrected chi connectivity index (χ0v) is 10.8. The third-order valence-electron chi connectivity index (χ3n) is 3.01. The van der Waals surface area contributed by atoms with Crippen molar-refractivity contribution in [2.75, 3.05) is 6.54 Å². The Kier molecular flexibility index (Phi) is 3.97. The van der Waals surface area contributed by atoms with Gasteiger partial charge in [-0.15, -0.1) is 0 Å². The van der Waals surface area contributed by atoms with Crippen LogP contribution in [0.15, 0.2) is 24.4 Å². The lowest BCUT2D eigenvalue weighted by Crippen LogP contribution is -1.99. The van der Waals surface area contributed by atoms with Crippen LogP contribution in [0.4, 0.5) is 0 Å². The first-order valence-electron chi connectivity index (χ1n) is 5.96. The van der Waals surface area contributed by atoms with E-state index in [9.17, 15) is 0 Å². The molecule has 0 aliphatic carbocycles. The quantitative estimate of drug-likeness (QED) is 0.842. The molecule has 2 aromatic rings. The summed E-state index contributed by atoms with van der Waals surface area (Å²) < 4.78 is 0. The minimum atomic E-state index is 0.741. The van der Waals surface area contributed by atoms with Gasteiger partial charge in [-0.25, -0.2) is 0 Å². The Balaban J connectivity index is 2.43. The van der Waals surface area contributed by atoms with E-state index >= 15 is 0 Å². The summed E-state index contributed by atoms with van der Waals surface area (Å²) in [7, 11) is 0. The molecule has 17 heavy (non-hydrogen) atoms. The largest absolute Gasteiger partial charge is 0.330 e. The van der Waals surface area contributed by atoms with Crippen LogP contribution in [-0.4, -0.2) is 11.5 Å². The highest BCUT2D eigenvalue weighted by atomic mass is 35.5. The van der Waals surface area contributed by atoms with E-state index in [0.29, 0.717) is 0 Å². The summed E-state index contributed by atoms with van der Waals surface area (Å²) >= 11 is 6.16. The van der Waals surface area contributed by atoms with Gasteiger partial charge in [0.2, 0.25) is 0 Å². The van der Waals surface area contributed by atoms with Crippen LogP contribution in [0.2, 0.25) is 5.02 Å². The van der Waals surface area contributed by atoms with Gasteiger partial charge in [-0.05, 0) is 62.1 Å². The van der Waals surface area contributed by atoms with Crippen LogP contribution < -0.4 is 5.73 Å². The minimum Gasteiger partial charge on any atom is -0.330 e. The molecular weight excluding hydrogens is 232 g/mol. The highest BCUT2D eigenvalue weighted by Gasteiger charge is 2.06. The van der Waals surface area contributed by atoms with Crippen molar-refractivity contribution in [3.05, 3.63) is 40.5 Å². The van der Waals surface area contributed by atoms with Crippen molar-refractivity contribution in [2.45, 2.75) is 26.2 Å². The van der Waals surface area contributed by atoms with E-state index in [0.717, 1.165) is 41.7 Å². The number of halogens is 1. The van der Waals surface area contributed by atoms with Gasteiger partial charge in [0.1, 0.15) is 0 Å². The van der Waals surface area contributed by atoms with Gasteiger partial charge in [-0.3, -0.25) is 4.98 Å². The van der Waals surface area contributed by atoms with Gasteiger partial charge in [0.15, 0.2) is 0 Å². The zero-order valence-electron chi connectivity index (χ0n) is 10.0. The number of hydrogen-bond acceptors (Lipinski definition) is 2. The fourth-order valence-electron chi connectivity index (χ4n) is 2.07. The van der Waals surface area contributed by atoms with Crippen LogP contribution in [0.3, 0.4) is 0 Å². The molecule has 0 amide bonds. The molecule has 0 radical (unpaired) electrons. The Morgan fingerprint density at radius 2 is 2.12 bits per heavy atom. The van der Waals surface area contributed by atoms with Gasteiger partial charge in [0.25, 0.3) is 0 Å². The fourth-order valence-corrected chi connectivity index (χ4v) is 2.31. The van der Waals surface area contributed by atoms with Crippen LogP contribution in [0.25, 0.3) is 10.9 Å². The molecule has 0 saturated heterocycles. The first-order chi connectivity index (χ1) is 8.22. The normalized spacial score (nSPS) is 11.0. The van der Waals surface area contributed by atoms with Crippen LogP contribution in [0.5, 0.6) is 0 Å². The van der Waals surface area contributed by atoms with E-state index in [2.05, 4.69) is 11.9 Å². The number of pyridine rings is 1. The van der Waals surface area contributed by atoms with Gasteiger partial charge in [0, 0.05) is 16.6 Å². The van der Waals surface area contributed by atoms with Crippen LogP contribution in [0.1, 0.15) is 24.0 Å². The van der Waals surface area contributed by atoms with Gasteiger partial charge >= 0.3 is 0 Å². The van der Waals surface area contributed by atoms with E-state index in [-0.39, 0.29) is 0 Å². The third-order valence-corrected chi connectivity index (χ3v) is 3.23. The van der Waals surface area contributed by atoms with Crippen molar-refractivity contribution in [1.82, 2.24) is 4.98 Å². The number of hydrogen-bond donors (Lipinski definition) is 1. The van der Waals surface area contributed by atoms with E-state index in [1.165, 1.54) is 11.1 Å². The summed E-state index contributed by atoms with van der Waals surface area (Å²) in [6, 6.07) is 6.03. The van der Waals surface area contributed by atoms with Crippen LogP contribution >= 0.6 is 11.6 Å². The van der Waals surface area contributed by atoms with E-state index in [4.69, 9.17) is 17.3 Å². The van der Waals surface area contributed by atoms with E-state index in [1.54, 1.807) is 0 Å². The second-order valence-corrected chi connectivity index (χ2v) is 4.77. The third kappa shape index (κ3) is 2.76. The molecule has 0 aliphatic heterocycles. The molecule has 1 aromatic heterocycles. The molecule has 0 atom stereocenters. The zero-order chi connectivity index (χ0) is 12.3. The van der Waals surface area contributed by atoms with Crippen molar-refractivity contribution < 1.29 is 0 Å². The van der Waals surface area contributed by atoms with Crippen molar-refractivity contribution in [2.24, 2.45) is 5.73 Å². The second-order valence-electron chi connectivity index (χ2n) is 4.33. The predicted molar refractivity (Wildman–Crippen MR) is 73.5 cm³/mol. The number of nitrogens with two attached hydrogens (primary N) is 1. The Morgan fingerprint density at radius 1 is 1.29 bits per heavy atom. The summed E-state index contributed by atoms with van der Waals surface area (Å²) in [5, 5.41) is 1.94. The molecule has 3 heteroatoms. The number of aromatic nitrogens is 1. The Hall–Kier alpha value is -1.12. The van der Waals surface area contributed by atoms with Crippen LogP contribution in [-0.2, 0) is 6.42 Å². The highest BCUT2D eigenvalue weighted by molar-refractivity contribution is 6.31. The number of benzene rings is 1. The first kappa shape index (κ1) is 12.3. The summed E-state index contributed by atoms with van der Waals surface area (Å²) in [6.07, 6.45) is 4.98. The molecule has 0 aliphatic rings. The average molecular weight is 249 g/mol. The lowest BCUT2D eigenvalue weighted by atomic mass is 10.0. The van der Waals surface area contributed by atoms with Gasteiger partial charge in [-0.1, -0.05) is 11.6 Å². The van der Waals surface area contributed by atoms with Gasteiger partial charge in [0.05, 0.1) is 5.52 Å². The van der Waals surface area contributed by atoms with Gasteiger partial charge < -0.3 is 5.73 Å². The molecule has 0 saturated carbocycles. The Bertz CT molecular complexity index is 523. The molecule has 90 valence electrons. The van der Waals surface area contributed by atoms with E-state index in [1.807, 2.05) is 24.4 Å². The maximum absolute atomic E-state index is 6.16. The summed E-state index contributed by atoms with van der Waals surface area (Å²) in [4.78, 5) is 4.47. The Morgan fingerprint density at radius 3 is 2.88 bits per heavy atom. The summed E-state index contributed by atoms with van der Waals surface area (Å²) in [6.45, 7) is 2.83. The molecule has 2 N–H and O–H groups in total. The number of aryl methyl sites for hydroxylation is 2. The molecule has 0 bridgehead atoms. The highest BCUT2D eigenvalue weighted by Crippen LogP contribution is 2.25. The number of rotatable bonds is 4. The van der Waals surface area contributed by atoms with Crippen molar-refractivity contribution in [1.29, 1.82) is 0 Å². The predicted octanol–water partition coefficient (Wildman–Crippen LogP) is 3.48. The van der Waals surface area contributed by atoms with Crippen LogP contribution in [0, 0.1) is 6.92 Å². The smallest absolute Gasteiger partial charge is 0.0737 e. The molecule has 2 nitrogen and oxygen atoms in total. The second kappa shape index (κ2) is 5.48. The number of fused-ring (bicyclic) bond motifs is 1. The first-order valence-corrected chi connectivity index (χ1v) is 6.34. The molecular formula is C14H17ClN2. The average Bonchev–Trinajstić information content (AvgIpc) is 2.31. The Labute approximate surface area is 107 Å². The molecule has 1 aromatic carbocycles. The van der Waals surface area contributed by atoms with Gasteiger partial charge in [-0.2, -0.15) is 0 Å². The molecule has 0 unspecified atom stereocenters. The fraction of sp³-hybridized carbons (Fsp3) is 0.357. The van der Waals surface area contributed by atoms with Crippen molar-refractivity contribution in [3.8, 4) is 0 Å². The maximum Gasteiger partial charge on any atom is 0.0737 e. The number of nitrogens with zero attached hydrogens (tertiary/aromatic N) is 1. The number of unbranched alkanes of at least 4 members (excludes halogenated alkanes) is 1. The minimum absolute atomic E-state index is 0.741. The topological polar surface area (TPSA) is 38.9 Å². The van der Waals surface area contributed by atoms with Crippen molar-refractivity contribution in [3.63, 3.8) is 0 Å². The monoisotopic (exact) mass is 248 g/mol. The standard InChI is InChI=1S/C14H17ClN2/c1-10-5-7-17-14-11(4-2-3-6-16)8-12(15)9-13(10)14/h5,7-9H,2-4,6,16H2,1H3. The lowest BCUT2D eigenvalue weighted by molar-refractivity contribution is 0.746.